The molecule has 0 spiro atoms. The van der Waals surface area contributed by atoms with Gasteiger partial charge in [-0.2, -0.15) is 0 Å². The second-order valence-electron chi connectivity index (χ2n) is 7.66. The average molecular weight is 317 g/mol. The van der Waals surface area contributed by atoms with Crippen LogP contribution in [0.2, 0.25) is 18.6 Å². The molecule has 120 valence electrons. The Bertz CT molecular complexity index is 552. The highest BCUT2D eigenvalue weighted by molar-refractivity contribution is 6.91. The molecule has 0 unspecified atom stereocenters. The van der Waals surface area contributed by atoms with Crippen LogP contribution in [0.15, 0.2) is 42.0 Å². The van der Waals surface area contributed by atoms with Crippen LogP contribution in [-0.4, -0.2) is 31.0 Å². The molecule has 3 atom stereocenters. The van der Waals surface area contributed by atoms with Gasteiger partial charge in [-0.3, -0.25) is 0 Å². The standard InChI is InChI=1S/C19H28O2Si/c1-22(2,17-9-4-3-5-10-17)18-13-16(21)12-15-8-6-7-11-19(15,18)14-20/h3-5,9-10,12,16,18,20-21H,6-8,11,13-14H2,1-2H3/t16-,18-,19+/m1/s1. The van der Waals surface area contributed by atoms with Crippen LogP contribution in [0.3, 0.4) is 0 Å². The van der Waals surface area contributed by atoms with Gasteiger partial charge in [-0.15, -0.1) is 0 Å². The molecule has 0 bridgehead atoms. The highest BCUT2D eigenvalue weighted by Crippen LogP contribution is 2.56. The van der Waals surface area contributed by atoms with Gasteiger partial charge in [0.25, 0.3) is 0 Å². The van der Waals surface area contributed by atoms with Crippen LogP contribution in [0, 0.1) is 5.41 Å². The Labute approximate surface area is 134 Å². The highest BCUT2D eigenvalue weighted by Gasteiger charge is 2.52. The van der Waals surface area contributed by atoms with Crippen molar-refractivity contribution in [1.82, 2.24) is 0 Å². The molecular formula is C19H28O2Si. The number of rotatable bonds is 3. The number of benzene rings is 1. The molecule has 0 heterocycles. The zero-order valence-electron chi connectivity index (χ0n) is 13.8. The molecule has 0 saturated heterocycles. The molecule has 0 amide bonds. The topological polar surface area (TPSA) is 40.5 Å². The minimum absolute atomic E-state index is 0.0803. The van der Waals surface area contributed by atoms with Gasteiger partial charge >= 0.3 is 0 Å². The lowest BCUT2D eigenvalue weighted by molar-refractivity contribution is 0.0818. The van der Waals surface area contributed by atoms with Crippen molar-refractivity contribution in [3.05, 3.63) is 42.0 Å². The number of hydrogen-bond acceptors (Lipinski definition) is 2. The SMILES string of the molecule is C[Si](C)(c1ccccc1)[C@@H]1C[C@H](O)C=C2CCCC[C@]21CO. The molecule has 1 aromatic carbocycles. The third-order valence-electron chi connectivity index (χ3n) is 6.17. The van der Waals surface area contributed by atoms with E-state index < -0.39 is 8.07 Å². The summed E-state index contributed by atoms with van der Waals surface area (Å²) in [6.07, 6.45) is 7.04. The van der Waals surface area contributed by atoms with E-state index in [1.54, 1.807) is 0 Å². The Morgan fingerprint density at radius 2 is 1.91 bits per heavy atom. The second-order valence-corrected chi connectivity index (χ2v) is 12.4. The van der Waals surface area contributed by atoms with Crippen molar-refractivity contribution >= 4 is 13.3 Å². The summed E-state index contributed by atoms with van der Waals surface area (Å²) in [6.45, 7) is 5.06. The molecule has 0 aliphatic heterocycles. The van der Waals surface area contributed by atoms with Crippen molar-refractivity contribution in [2.24, 2.45) is 5.41 Å². The summed E-state index contributed by atoms with van der Waals surface area (Å²) in [6, 6.07) is 10.8. The maximum atomic E-state index is 10.4. The fourth-order valence-electron chi connectivity index (χ4n) is 4.93. The number of aliphatic hydroxyl groups is 2. The fourth-order valence-corrected chi connectivity index (χ4v) is 9.01. The van der Waals surface area contributed by atoms with E-state index >= 15 is 0 Å². The van der Waals surface area contributed by atoms with Gasteiger partial charge in [-0.25, -0.2) is 0 Å². The predicted octanol–water partition coefficient (Wildman–Crippen LogP) is 3.22. The van der Waals surface area contributed by atoms with E-state index in [9.17, 15) is 10.2 Å². The van der Waals surface area contributed by atoms with E-state index in [1.165, 1.54) is 23.6 Å². The number of fused-ring (bicyclic) bond motifs is 1. The highest BCUT2D eigenvalue weighted by atomic mass is 28.3. The summed E-state index contributed by atoms with van der Waals surface area (Å²) in [4.78, 5) is 0. The Morgan fingerprint density at radius 1 is 1.18 bits per heavy atom. The molecule has 1 aromatic rings. The smallest absolute Gasteiger partial charge is 0.0847 e. The van der Waals surface area contributed by atoms with E-state index in [4.69, 9.17) is 0 Å². The normalized spacial score (nSPS) is 32.3. The van der Waals surface area contributed by atoms with Gasteiger partial charge in [0.2, 0.25) is 0 Å². The maximum absolute atomic E-state index is 10.4. The molecule has 2 nitrogen and oxygen atoms in total. The van der Waals surface area contributed by atoms with Gasteiger partial charge in [0.1, 0.15) is 0 Å². The molecule has 3 heteroatoms. The van der Waals surface area contributed by atoms with E-state index in [1.807, 2.05) is 0 Å². The summed E-state index contributed by atoms with van der Waals surface area (Å²) in [5, 5.41) is 22.2. The van der Waals surface area contributed by atoms with E-state index in [2.05, 4.69) is 49.5 Å². The number of hydrogen-bond donors (Lipinski definition) is 2. The van der Waals surface area contributed by atoms with Crippen molar-refractivity contribution in [3.8, 4) is 0 Å². The molecule has 2 N–H and O–H groups in total. The first-order valence-electron chi connectivity index (χ1n) is 8.56. The fraction of sp³-hybridized carbons (Fsp3) is 0.579. The van der Waals surface area contributed by atoms with Crippen LogP contribution in [-0.2, 0) is 0 Å². The van der Waals surface area contributed by atoms with Gasteiger partial charge in [0.15, 0.2) is 0 Å². The van der Waals surface area contributed by atoms with Gasteiger partial charge in [-0.1, -0.05) is 66.7 Å². The monoisotopic (exact) mass is 316 g/mol. The van der Waals surface area contributed by atoms with Crippen molar-refractivity contribution < 1.29 is 10.2 Å². The summed E-state index contributed by atoms with van der Waals surface area (Å²) >= 11 is 0. The minimum Gasteiger partial charge on any atom is -0.395 e. The van der Waals surface area contributed by atoms with Crippen LogP contribution in [0.1, 0.15) is 32.1 Å². The maximum Gasteiger partial charge on any atom is 0.0847 e. The van der Waals surface area contributed by atoms with E-state index in [0.717, 1.165) is 19.3 Å². The first kappa shape index (κ1) is 16.0. The predicted molar refractivity (Wildman–Crippen MR) is 94.0 cm³/mol. The zero-order chi connectivity index (χ0) is 15.8. The summed E-state index contributed by atoms with van der Waals surface area (Å²) in [5.74, 6) is 0. The van der Waals surface area contributed by atoms with E-state index in [0.29, 0.717) is 5.54 Å². The third kappa shape index (κ3) is 2.49. The Morgan fingerprint density at radius 3 is 2.59 bits per heavy atom. The molecule has 0 radical (unpaired) electrons. The Balaban J connectivity index is 2.06. The largest absolute Gasteiger partial charge is 0.395 e. The van der Waals surface area contributed by atoms with Crippen LogP contribution >= 0.6 is 0 Å². The molecule has 3 rings (SSSR count). The Hall–Kier alpha value is -0.903. The first-order chi connectivity index (χ1) is 10.5. The Kier molecular flexibility index (Phi) is 4.32. The molecule has 1 fully saturated rings. The quantitative estimate of drug-likeness (QED) is 0.664. The van der Waals surface area contributed by atoms with Crippen LogP contribution < -0.4 is 5.19 Å². The van der Waals surface area contributed by atoms with Crippen LogP contribution in [0.5, 0.6) is 0 Å². The zero-order valence-corrected chi connectivity index (χ0v) is 14.8. The van der Waals surface area contributed by atoms with Gasteiger partial charge < -0.3 is 10.2 Å². The summed E-state index contributed by atoms with van der Waals surface area (Å²) in [7, 11) is -1.78. The van der Waals surface area contributed by atoms with Gasteiger partial charge in [0.05, 0.1) is 20.8 Å². The molecule has 1 saturated carbocycles. The third-order valence-corrected chi connectivity index (χ3v) is 10.5. The molecular weight excluding hydrogens is 288 g/mol. The lowest BCUT2D eigenvalue weighted by atomic mass is 9.64. The molecule has 22 heavy (non-hydrogen) atoms. The molecule has 2 aliphatic carbocycles. The van der Waals surface area contributed by atoms with Crippen molar-refractivity contribution in [2.45, 2.75) is 56.8 Å². The van der Waals surface area contributed by atoms with Crippen LogP contribution in [0.4, 0.5) is 0 Å². The number of aliphatic hydroxyl groups excluding tert-OH is 2. The van der Waals surface area contributed by atoms with E-state index in [-0.39, 0.29) is 18.1 Å². The average Bonchev–Trinajstić information content (AvgIpc) is 2.54. The minimum atomic E-state index is -1.78. The first-order valence-corrected chi connectivity index (χ1v) is 11.6. The summed E-state index contributed by atoms with van der Waals surface area (Å²) in [5.41, 5.74) is 1.66. The van der Waals surface area contributed by atoms with Crippen molar-refractivity contribution in [2.75, 3.05) is 6.61 Å². The second kappa shape index (κ2) is 5.95. The lowest BCUT2D eigenvalue weighted by Gasteiger charge is -2.53. The molecule has 2 aliphatic rings. The molecule has 0 aromatic heterocycles. The van der Waals surface area contributed by atoms with Crippen molar-refractivity contribution in [3.63, 3.8) is 0 Å². The van der Waals surface area contributed by atoms with Gasteiger partial charge in [-0.05, 0) is 31.2 Å². The summed E-state index contributed by atoms with van der Waals surface area (Å²) < 4.78 is 0. The van der Waals surface area contributed by atoms with Crippen molar-refractivity contribution in [1.29, 1.82) is 0 Å². The van der Waals surface area contributed by atoms with Gasteiger partial charge in [0, 0.05) is 5.41 Å². The lowest BCUT2D eigenvalue weighted by Crippen LogP contribution is -2.56. The van der Waals surface area contributed by atoms with Crippen LogP contribution in [0.25, 0.3) is 0 Å².